The van der Waals surface area contributed by atoms with Gasteiger partial charge in [0, 0.05) is 32.2 Å². The van der Waals surface area contributed by atoms with Crippen LogP contribution in [0.2, 0.25) is 0 Å². The van der Waals surface area contributed by atoms with Gasteiger partial charge in [0.1, 0.15) is 0 Å². The summed E-state index contributed by atoms with van der Waals surface area (Å²) in [6.07, 6.45) is 2.42. The van der Waals surface area contributed by atoms with E-state index in [4.69, 9.17) is 0 Å². The normalized spacial score (nSPS) is 21.0. The SMILES string of the molecule is C[C@H](NC(=O)CN1CCN(S(=O)(=O)Cc2ccccc2)CC1)C1CC1. The van der Waals surface area contributed by atoms with Gasteiger partial charge >= 0.3 is 0 Å². The summed E-state index contributed by atoms with van der Waals surface area (Å²) in [6, 6.07) is 9.50. The van der Waals surface area contributed by atoms with Crippen LogP contribution in [0.5, 0.6) is 0 Å². The number of carbonyl (C=O) groups is 1. The first kappa shape index (κ1) is 18.4. The van der Waals surface area contributed by atoms with Crippen LogP contribution in [0.15, 0.2) is 30.3 Å². The van der Waals surface area contributed by atoms with Crippen LogP contribution in [0.1, 0.15) is 25.3 Å². The molecule has 1 N–H and O–H groups in total. The Labute approximate surface area is 150 Å². The van der Waals surface area contributed by atoms with Gasteiger partial charge in [-0.05, 0) is 31.2 Å². The average molecular weight is 365 g/mol. The van der Waals surface area contributed by atoms with Crippen LogP contribution < -0.4 is 5.32 Å². The highest BCUT2D eigenvalue weighted by Gasteiger charge is 2.30. The number of sulfonamides is 1. The Morgan fingerprint density at radius 1 is 1.16 bits per heavy atom. The lowest BCUT2D eigenvalue weighted by atomic mass is 10.2. The molecule has 25 heavy (non-hydrogen) atoms. The van der Waals surface area contributed by atoms with Gasteiger partial charge in [0.2, 0.25) is 15.9 Å². The summed E-state index contributed by atoms with van der Waals surface area (Å²) in [5.74, 6) is 0.719. The smallest absolute Gasteiger partial charge is 0.234 e. The quantitative estimate of drug-likeness (QED) is 0.784. The molecule has 2 aliphatic rings. The molecule has 3 rings (SSSR count). The molecular weight excluding hydrogens is 338 g/mol. The van der Waals surface area contributed by atoms with Crippen molar-refractivity contribution in [2.24, 2.45) is 5.92 Å². The fourth-order valence-corrected chi connectivity index (χ4v) is 4.77. The van der Waals surface area contributed by atoms with E-state index < -0.39 is 10.0 Å². The summed E-state index contributed by atoms with van der Waals surface area (Å²) in [4.78, 5) is 14.1. The van der Waals surface area contributed by atoms with E-state index in [-0.39, 0.29) is 17.7 Å². The Morgan fingerprint density at radius 2 is 1.80 bits per heavy atom. The molecule has 0 unspecified atom stereocenters. The lowest BCUT2D eigenvalue weighted by molar-refractivity contribution is -0.123. The monoisotopic (exact) mass is 365 g/mol. The van der Waals surface area contributed by atoms with Crippen LogP contribution >= 0.6 is 0 Å². The average Bonchev–Trinajstić information content (AvgIpc) is 3.40. The number of hydrogen-bond acceptors (Lipinski definition) is 4. The third-order valence-electron chi connectivity index (χ3n) is 5.00. The van der Waals surface area contributed by atoms with Crippen LogP contribution in [0.25, 0.3) is 0 Å². The summed E-state index contributed by atoms with van der Waals surface area (Å²) in [5.41, 5.74) is 0.804. The Balaban J connectivity index is 1.45. The zero-order chi connectivity index (χ0) is 17.9. The second kappa shape index (κ2) is 7.85. The topological polar surface area (TPSA) is 69.7 Å². The maximum Gasteiger partial charge on any atom is 0.234 e. The molecule has 2 fully saturated rings. The summed E-state index contributed by atoms with van der Waals surface area (Å²) < 4.78 is 26.6. The predicted molar refractivity (Wildman–Crippen MR) is 97.4 cm³/mol. The van der Waals surface area contributed by atoms with E-state index in [9.17, 15) is 13.2 Å². The maximum atomic E-state index is 12.5. The maximum absolute atomic E-state index is 12.5. The van der Waals surface area contributed by atoms with E-state index in [1.165, 1.54) is 12.8 Å². The van der Waals surface area contributed by atoms with Crippen LogP contribution in [-0.4, -0.2) is 62.3 Å². The second-order valence-corrected chi connectivity index (χ2v) is 9.08. The number of carbonyl (C=O) groups excluding carboxylic acids is 1. The largest absolute Gasteiger partial charge is 0.352 e. The molecule has 0 aromatic heterocycles. The standard InChI is InChI=1S/C18H27N3O3S/c1-15(17-7-8-17)19-18(22)13-20-9-11-21(12-10-20)25(23,24)14-16-5-3-2-4-6-16/h2-6,15,17H,7-14H2,1H3,(H,19,22)/t15-/m0/s1. The number of nitrogens with one attached hydrogen (secondary N) is 1. The minimum Gasteiger partial charge on any atom is -0.352 e. The molecule has 1 amide bonds. The number of amides is 1. The fraction of sp³-hybridized carbons (Fsp3) is 0.611. The van der Waals surface area contributed by atoms with Gasteiger partial charge in [-0.1, -0.05) is 30.3 Å². The van der Waals surface area contributed by atoms with Crippen molar-refractivity contribution in [3.63, 3.8) is 0 Å². The third-order valence-corrected chi connectivity index (χ3v) is 6.85. The molecule has 1 heterocycles. The highest BCUT2D eigenvalue weighted by Crippen LogP contribution is 2.32. The minimum absolute atomic E-state index is 0.0349. The summed E-state index contributed by atoms with van der Waals surface area (Å²) in [6.45, 7) is 4.49. The van der Waals surface area contributed by atoms with E-state index in [2.05, 4.69) is 12.2 Å². The second-order valence-electron chi connectivity index (χ2n) is 7.11. The molecule has 7 heteroatoms. The summed E-state index contributed by atoms with van der Waals surface area (Å²) >= 11 is 0. The Morgan fingerprint density at radius 3 is 2.40 bits per heavy atom. The highest BCUT2D eigenvalue weighted by molar-refractivity contribution is 7.88. The molecule has 1 aliphatic heterocycles. The van der Waals surface area contributed by atoms with Crippen molar-refractivity contribution in [1.29, 1.82) is 0 Å². The Bertz CT molecular complexity index is 681. The van der Waals surface area contributed by atoms with Gasteiger partial charge < -0.3 is 5.32 Å². The first-order chi connectivity index (χ1) is 11.9. The number of nitrogens with zero attached hydrogens (tertiary/aromatic N) is 2. The molecule has 6 nitrogen and oxygen atoms in total. The molecule has 0 radical (unpaired) electrons. The van der Waals surface area contributed by atoms with E-state index in [0.717, 1.165) is 5.56 Å². The zero-order valence-corrected chi connectivity index (χ0v) is 15.5. The van der Waals surface area contributed by atoms with Crippen molar-refractivity contribution < 1.29 is 13.2 Å². The molecule has 1 saturated heterocycles. The van der Waals surface area contributed by atoms with Crippen LogP contribution in [0, 0.1) is 5.92 Å². The first-order valence-electron chi connectivity index (χ1n) is 8.97. The zero-order valence-electron chi connectivity index (χ0n) is 14.7. The van der Waals surface area contributed by atoms with Crippen LogP contribution in [0.3, 0.4) is 0 Å². The lowest BCUT2D eigenvalue weighted by Gasteiger charge is -2.33. The number of piperazine rings is 1. The highest BCUT2D eigenvalue weighted by atomic mass is 32.2. The van der Waals surface area contributed by atoms with Crippen LogP contribution in [-0.2, 0) is 20.6 Å². The first-order valence-corrected chi connectivity index (χ1v) is 10.6. The van der Waals surface area contributed by atoms with Crippen molar-refractivity contribution >= 4 is 15.9 Å². The molecule has 1 aromatic carbocycles. The van der Waals surface area contributed by atoms with Crippen LogP contribution in [0.4, 0.5) is 0 Å². The molecule has 1 aliphatic carbocycles. The van der Waals surface area contributed by atoms with E-state index in [0.29, 0.717) is 38.6 Å². The number of benzene rings is 1. The molecule has 1 atom stereocenters. The van der Waals surface area contributed by atoms with Gasteiger partial charge in [-0.2, -0.15) is 4.31 Å². The Hall–Kier alpha value is -1.44. The molecule has 1 aromatic rings. The predicted octanol–water partition coefficient (Wildman–Crippen LogP) is 1.05. The van der Waals surface area contributed by atoms with Gasteiger partial charge in [-0.3, -0.25) is 9.69 Å². The fourth-order valence-electron chi connectivity index (χ4n) is 3.26. The minimum atomic E-state index is -3.30. The third kappa shape index (κ3) is 5.26. The van der Waals surface area contributed by atoms with E-state index in [1.807, 2.05) is 35.2 Å². The molecular formula is C18H27N3O3S. The van der Waals surface area contributed by atoms with E-state index in [1.54, 1.807) is 4.31 Å². The number of hydrogen-bond donors (Lipinski definition) is 1. The Kier molecular flexibility index (Phi) is 5.76. The van der Waals surface area contributed by atoms with E-state index >= 15 is 0 Å². The van der Waals surface area contributed by atoms with Crippen molar-refractivity contribution in [3.05, 3.63) is 35.9 Å². The molecule has 1 saturated carbocycles. The van der Waals surface area contributed by atoms with Gasteiger partial charge in [0.25, 0.3) is 0 Å². The van der Waals surface area contributed by atoms with Gasteiger partial charge in [-0.15, -0.1) is 0 Å². The molecule has 0 spiro atoms. The van der Waals surface area contributed by atoms with Crippen molar-refractivity contribution in [1.82, 2.24) is 14.5 Å². The number of rotatable bonds is 7. The lowest BCUT2D eigenvalue weighted by Crippen LogP contribution is -2.52. The van der Waals surface area contributed by atoms with Crippen molar-refractivity contribution in [3.8, 4) is 0 Å². The van der Waals surface area contributed by atoms with Crippen molar-refractivity contribution in [2.75, 3.05) is 32.7 Å². The van der Waals surface area contributed by atoms with Gasteiger partial charge in [0.05, 0.1) is 12.3 Å². The molecule has 138 valence electrons. The molecule has 0 bridgehead atoms. The van der Waals surface area contributed by atoms with Gasteiger partial charge in [-0.25, -0.2) is 8.42 Å². The summed E-state index contributed by atoms with van der Waals surface area (Å²) in [5, 5.41) is 3.05. The summed E-state index contributed by atoms with van der Waals surface area (Å²) in [7, 11) is -3.30. The van der Waals surface area contributed by atoms with Gasteiger partial charge in [0.15, 0.2) is 0 Å². The van der Waals surface area contributed by atoms with Crippen molar-refractivity contribution in [2.45, 2.75) is 31.6 Å².